The molecule has 6 nitrogen and oxygen atoms in total. The van der Waals surface area contributed by atoms with E-state index in [0.717, 1.165) is 38.5 Å². The molecule has 0 saturated heterocycles. The minimum Gasteiger partial charge on any atom is -0.550 e. The number of aliphatic hydroxyl groups excluding tert-OH is 1. The van der Waals surface area contributed by atoms with Gasteiger partial charge in [-0.25, -0.2) is 0 Å². The first-order chi connectivity index (χ1) is 18.0. The summed E-state index contributed by atoms with van der Waals surface area (Å²) in [5.74, 6) is 1.28. The van der Waals surface area contributed by atoms with Crippen molar-refractivity contribution < 1.29 is 54.1 Å². The molecule has 0 spiro atoms. The summed E-state index contributed by atoms with van der Waals surface area (Å²) in [5, 5.41) is 27.5. The number of nitrogens with one attached hydrogen (secondary N) is 1. The SMILES string of the molecule is C=CC(=O)NCCCCOC1CC[C@]2(C)C3CC(O)[C@@]4(C)C(CC[C@@H]4[C@H](C)CCC)C3CCC2(C(=O)[O-])C1.[Na+]. The van der Waals surface area contributed by atoms with E-state index in [-0.39, 0.29) is 64.4 Å². The van der Waals surface area contributed by atoms with Crippen LogP contribution in [0.2, 0.25) is 0 Å². The molecule has 4 aliphatic carbocycles. The number of rotatable bonds is 11. The smallest absolute Gasteiger partial charge is 0.550 e. The third-order valence-electron chi connectivity index (χ3n) is 12.2. The predicted molar refractivity (Wildman–Crippen MR) is 147 cm³/mol. The average molecular weight is 554 g/mol. The van der Waals surface area contributed by atoms with Crippen LogP contribution in [-0.2, 0) is 14.3 Å². The molecule has 4 fully saturated rings. The van der Waals surface area contributed by atoms with Crippen LogP contribution in [0.3, 0.4) is 0 Å². The average Bonchev–Trinajstić information content (AvgIpc) is 3.25. The Morgan fingerprint density at radius 3 is 2.56 bits per heavy atom. The van der Waals surface area contributed by atoms with Gasteiger partial charge in [0.2, 0.25) is 5.91 Å². The molecule has 10 atom stereocenters. The van der Waals surface area contributed by atoms with Crippen molar-refractivity contribution in [3.05, 3.63) is 12.7 Å². The first kappa shape index (κ1) is 33.1. The third-order valence-corrected chi connectivity index (χ3v) is 12.2. The Labute approximate surface area is 258 Å². The van der Waals surface area contributed by atoms with Crippen LogP contribution >= 0.6 is 0 Å². The van der Waals surface area contributed by atoms with Crippen LogP contribution in [0.5, 0.6) is 0 Å². The van der Waals surface area contributed by atoms with Crippen molar-refractivity contribution >= 4 is 11.9 Å². The first-order valence-electron chi connectivity index (χ1n) is 15.5. The Hall–Kier alpha value is -0.400. The van der Waals surface area contributed by atoms with Gasteiger partial charge in [0, 0.05) is 24.5 Å². The number of hydrogen-bond donors (Lipinski definition) is 2. The van der Waals surface area contributed by atoms with Crippen molar-refractivity contribution in [2.45, 2.75) is 117 Å². The van der Waals surface area contributed by atoms with Crippen LogP contribution in [0.15, 0.2) is 12.7 Å². The standard InChI is InChI=1S/C32H53NO5.Na/c1-6-10-21(3)24-11-12-25-23-14-16-32(29(36)37)20-22(38-18-9-8-17-33-28(35)7-2)13-15-30(32,4)26(23)19-27(34)31(24,25)5;/h7,21-27,34H,2,6,8-20H2,1,3-5H3,(H,33,35)(H,36,37);/q;+1/p-1/t21-,22?,23?,24-,25?,26?,27?,30-,31-,32?;/m1./s1. The number of carboxylic acids is 1. The van der Waals surface area contributed by atoms with Gasteiger partial charge >= 0.3 is 29.6 Å². The number of carboxylic acid groups (broad SMARTS) is 1. The van der Waals surface area contributed by atoms with Gasteiger partial charge in [0.05, 0.1) is 12.2 Å². The largest absolute Gasteiger partial charge is 1.00 e. The molecule has 0 aromatic rings. The molecular formula is C32H52NNaO5. The van der Waals surface area contributed by atoms with Crippen molar-refractivity contribution in [3.8, 4) is 0 Å². The summed E-state index contributed by atoms with van der Waals surface area (Å²) in [6.07, 6.45) is 11.7. The van der Waals surface area contributed by atoms with Crippen molar-refractivity contribution in [3.63, 3.8) is 0 Å². The van der Waals surface area contributed by atoms with Crippen molar-refractivity contribution in [1.82, 2.24) is 5.32 Å². The topological polar surface area (TPSA) is 98.7 Å². The Morgan fingerprint density at radius 2 is 1.90 bits per heavy atom. The van der Waals surface area contributed by atoms with E-state index in [1.807, 2.05) is 0 Å². The molecule has 4 saturated carbocycles. The van der Waals surface area contributed by atoms with Gasteiger partial charge in [0.1, 0.15) is 0 Å². The molecule has 1 amide bonds. The number of carbonyl (C=O) groups excluding carboxylic acids is 2. The molecule has 0 aliphatic heterocycles. The second kappa shape index (κ2) is 13.3. The summed E-state index contributed by atoms with van der Waals surface area (Å²) in [6, 6.07) is 0. The molecule has 0 heterocycles. The second-order valence-electron chi connectivity index (χ2n) is 13.7. The zero-order chi connectivity index (χ0) is 27.7. The zero-order valence-corrected chi connectivity index (χ0v) is 27.3. The van der Waals surface area contributed by atoms with Crippen LogP contribution in [0.25, 0.3) is 0 Å². The minimum absolute atomic E-state index is 0. The summed E-state index contributed by atoms with van der Waals surface area (Å²) in [5.41, 5.74) is -1.33. The van der Waals surface area contributed by atoms with Gasteiger partial charge in [-0.15, -0.1) is 0 Å². The molecule has 0 bridgehead atoms. The number of ether oxygens (including phenoxy) is 1. The summed E-state index contributed by atoms with van der Waals surface area (Å²) in [6.45, 7) is 13.8. The maximum atomic E-state index is 13.0. The van der Waals surface area contributed by atoms with E-state index in [9.17, 15) is 19.8 Å². The van der Waals surface area contributed by atoms with Gasteiger partial charge in [-0.05, 0) is 111 Å². The van der Waals surface area contributed by atoms with E-state index < -0.39 is 11.4 Å². The molecule has 6 unspecified atom stereocenters. The summed E-state index contributed by atoms with van der Waals surface area (Å²) < 4.78 is 6.22. The van der Waals surface area contributed by atoms with Gasteiger partial charge in [-0.1, -0.05) is 47.1 Å². The van der Waals surface area contributed by atoms with Gasteiger partial charge in [0.25, 0.3) is 0 Å². The van der Waals surface area contributed by atoms with E-state index in [2.05, 4.69) is 39.6 Å². The molecule has 0 aromatic carbocycles. The van der Waals surface area contributed by atoms with Gasteiger partial charge < -0.3 is 25.1 Å². The van der Waals surface area contributed by atoms with Crippen LogP contribution < -0.4 is 40.0 Å². The summed E-state index contributed by atoms with van der Waals surface area (Å²) in [4.78, 5) is 24.2. The van der Waals surface area contributed by atoms with Crippen LogP contribution in [0.1, 0.15) is 105 Å². The number of amides is 1. The fraction of sp³-hybridized carbons (Fsp3) is 0.875. The van der Waals surface area contributed by atoms with E-state index in [1.54, 1.807) is 0 Å². The van der Waals surface area contributed by atoms with Crippen LogP contribution in [0.4, 0.5) is 0 Å². The van der Waals surface area contributed by atoms with Crippen molar-refractivity contribution in [2.75, 3.05) is 13.2 Å². The zero-order valence-electron chi connectivity index (χ0n) is 25.3. The number of aliphatic carboxylic acids is 1. The number of carbonyl (C=O) groups is 2. The first-order valence-corrected chi connectivity index (χ1v) is 15.5. The van der Waals surface area contributed by atoms with Gasteiger partial charge in [0.15, 0.2) is 0 Å². The number of hydrogen-bond acceptors (Lipinski definition) is 5. The molecule has 216 valence electrons. The summed E-state index contributed by atoms with van der Waals surface area (Å²) in [7, 11) is 0. The fourth-order valence-corrected chi connectivity index (χ4v) is 10.2. The monoisotopic (exact) mass is 553 g/mol. The Kier molecular flexibility index (Phi) is 11.3. The molecule has 0 radical (unpaired) electrons. The molecule has 7 heteroatoms. The molecule has 4 rings (SSSR count). The quantitative estimate of drug-likeness (QED) is 0.230. The maximum absolute atomic E-state index is 13.0. The van der Waals surface area contributed by atoms with E-state index in [1.165, 1.54) is 31.8 Å². The molecule has 2 N–H and O–H groups in total. The normalized spacial score (nSPS) is 41.8. The molecule has 0 aromatic heterocycles. The fourth-order valence-electron chi connectivity index (χ4n) is 10.2. The molecular weight excluding hydrogens is 501 g/mol. The van der Waals surface area contributed by atoms with Crippen molar-refractivity contribution in [2.24, 2.45) is 45.8 Å². The van der Waals surface area contributed by atoms with E-state index in [4.69, 9.17) is 4.74 Å². The van der Waals surface area contributed by atoms with Gasteiger partial charge in [-0.3, -0.25) is 4.79 Å². The maximum Gasteiger partial charge on any atom is 1.00 e. The third kappa shape index (κ3) is 5.81. The predicted octanol–water partition coefficient (Wildman–Crippen LogP) is 1.64. The Bertz CT molecular complexity index is 883. The minimum atomic E-state index is -0.914. The Balaban J connectivity index is 0.00000420. The second-order valence-corrected chi connectivity index (χ2v) is 13.7. The molecule has 39 heavy (non-hydrogen) atoms. The molecule has 4 aliphatic rings. The number of unbranched alkanes of at least 4 members (excludes halogenated alkanes) is 1. The Morgan fingerprint density at radius 1 is 1.15 bits per heavy atom. The van der Waals surface area contributed by atoms with Crippen molar-refractivity contribution in [1.29, 1.82) is 0 Å². The van der Waals surface area contributed by atoms with Crippen LogP contribution in [0, 0.1) is 45.8 Å². The van der Waals surface area contributed by atoms with Crippen LogP contribution in [-0.4, -0.2) is 42.3 Å². The number of aliphatic hydroxyl groups is 1. The van der Waals surface area contributed by atoms with Gasteiger partial charge in [-0.2, -0.15) is 0 Å². The van der Waals surface area contributed by atoms with E-state index in [0.29, 0.717) is 49.7 Å². The number of fused-ring (bicyclic) bond motifs is 5. The van der Waals surface area contributed by atoms with E-state index >= 15 is 0 Å². The summed E-state index contributed by atoms with van der Waals surface area (Å²) >= 11 is 0.